The second-order valence-electron chi connectivity index (χ2n) is 11.2. The number of nitrogens with zero attached hydrogens (tertiary/aromatic N) is 3. The van der Waals surface area contributed by atoms with Crippen molar-refractivity contribution < 1.29 is 28.3 Å². The van der Waals surface area contributed by atoms with Crippen LogP contribution in [-0.2, 0) is 14.0 Å². The van der Waals surface area contributed by atoms with Gasteiger partial charge in [0.2, 0.25) is 18.2 Å². The summed E-state index contributed by atoms with van der Waals surface area (Å²) in [6, 6.07) is -0.751. The summed E-state index contributed by atoms with van der Waals surface area (Å²) >= 11 is 0. The van der Waals surface area contributed by atoms with Crippen LogP contribution in [0.1, 0.15) is 73.2 Å². The first-order valence-corrected chi connectivity index (χ1v) is 14.3. The van der Waals surface area contributed by atoms with Gasteiger partial charge >= 0.3 is 6.09 Å². The molecule has 0 radical (unpaired) electrons. The first kappa shape index (κ1) is 27.3. The van der Waals surface area contributed by atoms with E-state index >= 15 is 0 Å². The van der Waals surface area contributed by atoms with Crippen LogP contribution in [0.15, 0.2) is 10.8 Å². The maximum absolute atomic E-state index is 13.6. The minimum absolute atomic E-state index is 0.0457. The summed E-state index contributed by atoms with van der Waals surface area (Å²) in [5.74, 6) is -0.313. The topological polar surface area (TPSA) is 127 Å². The van der Waals surface area contributed by atoms with E-state index in [1.807, 2.05) is 6.92 Å². The average Bonchev–Trinajstić information content (AvgIpc) is 3.33. The van der Waals surface area contributed by atoms with E-state index in [0.29, 0.717) is 19.4 Å². The number of rotatable bonds is 7. The van der Waals surface area contributed by atoms with Crippen molar-refractivity contribution in [3.8, 4) is 0 Å². The monoisotopic (exact) mass is 484 g/mol. The first-order valence-electron chi connectivity index (χ1n) is 11.4. The molecule has 0 bridgehead atoms. The molecule has 1 unspecified atom stereocenters. The molecule has 2 rings (SSSR count). The summed E-state index contributed by atoms with van der Waals surface area (Å²) in [6.07, 6.45) is 0.946. The minimum atomic E-state index is -2.19. The van der Waals surface area contributed by atoms with Gasteiger partial charge in [-0.3, -0.25) is 9.69 Å². The zero-order valence-electron chi connectivity index (χ0n) is 21.4. The standard InChI is InChI=1S/C22H40N4O6Si/c1-15(32-33(8,9)21(5,6)7)16(17-25-23-14-30-17)24-18(28)22(13-27)11-10-12-26(22)19(29)31-20(2,3)4/h14-16,27H,10-13H2,1-9H3,(H,24,28)/t15-,16+,22?/m0/s1. The largest absolute Gasteiger partial charge is 0.444 e. The Kier molecular flexibility index (Phi) is 8.02. The Morgan fingerprint density at radius 2 is 1.94 bits per heavy atom. The summed E-state index contributed by atoms with van der Waals surface area (Å²) in [4.78, 5) is 27.8. The Bertz CT molecular complexity index is 818. The Morgan fingerprint density at radius 3 is 2.42 bits per heavy atom. The zero-order valence-corrected chi connectivity index (χ0v) is 22.4. The fourth-order valence-corrected chi connectivity index (χ4v) is 5.04. The molecule has 0 saturated carbocycles. The van der Waals surface area contributed by atoms with Crippen LogP contribution in [-0.4, -0.2) is 70.9 Å². The predicted molar refractivity (Wildman–Crippen MR) is 125 cm³/mol. The molecule has 1 aliphatic rings. The molecule has 2 N–H and O–H groups in total. The van der Waals surface area contributed by atoms with Gasteiger partial charge in [0.15, 0.2) is 8.32 Å². The van der Waals surface area contributed by atoms with Gasteiger partial charge < -0.3 is 24.0 Å². The molecule has 10 nitrogen and oxygen atoms in total. The van der Waals surface area contributed by atoms with Crippen LogP contribution in [0, 0.1) is 0 Å². The highest BCUT2D eigenvalue weighted by Crippen LogP contribution is 2.39. The normalized spacial score (nSPS) is 21.6. The molecule has 0 aromatic carbocycles. The van der Waals surface area contributed by atoms with Crippen LogP contribution < -0.4 is 5.32 Å². The van der Waals surface area contributed by atoms with Crippen LogP contribution in [0.2, 0.25) is 18.1 Å². The zero-order chi connectivity index (χ0) is 25.2. The summed E-state index contributed by atoms with van der Waals surface area (Å²) < 4.78 is 17.4. The van der Waals surface area contributed by atoms with Gasteiger partial charge in [0, 0.05) is 6.54 Å². The van der Waals surface area contributed by atoms with E-state index in [2.05, 4.69) is 49.4 Å². The maximum Gasteiger partial charge on any atom is 0.411 e. The van der Waals surface area contributed by atoms with E-state index < -0.39 is 50.2 Å². The van der Waals surface area contributed by atoms with E-state index in [1.165, 1.54) is 11.3 Å². The summed E-state index contributed by atoms with van der Waals surface area (Å²) in [5, 5.41) is 20.9. The van der Waals surface area contributed by atoms with Gasteiger partial charge in [0.1, 0.15) is 17.2 Å². The molecule has 2 heterocycles. The third-order valence-electron chi connectivity index (χ3n) is 6.47. The van der Waals surface area contributed by atoms with E-state index in [9.17, 15) is 14.7 Å². The second kappa shape index (κ2) is 9.71. The molecule has 2 amide bonds. The average molecular weight is 485 g/mol. The third-order valence-corrected chi connectivity index (χ3v) is 11.0. The van der Waals surface area contributed by atoms with Crippen molar-refractivity contribution in [2.75, 3.05) is 13.2 Å². The lowest BCUT2D eigenvalue weighted by atomic mass is 9.95. The van der Waals surface area contributed by atoms with Crippen LogP contribution in [0.5, 0.6) is 0 Å². The van der Waals surface area contributed by atoms with Crippen molar-refractivity contribution >= 4 is 20.3 Å². The van der Waals surface area contributed by atoms with Crippen molar-refractivity contribution in [2.45, 2.75) is 103 Å². The van der Waals surface area contributed by atoms with Crippen LogP contribution >= 0.6 is 0 Å². The van der Waals surface area contributed by atoms with Crippen LogP contribution in [0.25, 0.3) is 0 Å². The SMILES string of the molecule is C[C@H](O[Si](C)(C)C(C)(C)C)[C@@H](NC(=O)C1(CO)CCCN1C(=O)OC(C)(C)C)c1nnco1. The van der Waals surface area contributed by atoms with Crippen molar-refractivity contribution in [3.05, 3.63) is 12.3 Å². The highest BCUT2D eigenvalue weighted by molar-refractivity contribution is 6.74. The Morgan fingerprint density at radius 1 is 1.30 bits per heavy atom. The van der Waals surface area contributed by atoms with Crippen molar-refractivity contribution in [2.24, 2.45) is 0 Å². The van der Waals surface area contributed by atoms with Gasteiger partial charge in [0.05, 0.1) is 12.7 Å². The maximum atomic E-state index is 13.6. The van der Waals surface area contributed by atoms with Crippen LogP contribution in [0.3, 0.4) is 0 Å². The number of hydrogen-bond donors (Lipinski definition) is 2. The highest BCUT2D eigenvalue weighted by atomic mass is 28.4. The molecule has 0 aliphatic carbocycles. The summed E-state index contributed by atoms with van der Waals surface area (Å²) in [7, 11) is -2.19. The number of nitrogens with one attached hydrogen (secondary N) is 1. The lowest BCUT2D eigenvalue weighted by Gasteiger charge is -2.41. The molecule has 11 heteroatoms. The molecular formula is C22H40N4O6Si. The molecular weight excluding hydrogens is 444 g/mol. The van der Waals surface area contributed by atoms with Gasteiger partial charge in [-0.2, -0.15) is 0 Å². The molecule has 1 fully saturated rings. The molecule has 1 aliphatic heterocycles. The van der Waals surface area contributed by atoms with E-state index in [4.69, 9.17) is 13.6 Å². The van der Waals surface area contributed by atoms with Gasteiger partial charge in [-0.25, -0.2) is 4.79 Å². The van der Waals surface area contributed by atoms with Gasteiger partial charge in [-0.05, 0) is 58.7 Å². The number of likely N-dealkylation sites (tertiary alicyclic amines) is 1. The molecule has 1 aromatic heterocycles. The fourth-order valence-electron chi connectivity index (χ4n) is 3.62. The second-order valence-corrected chi connectivity index (χ2v) is 16.0. The smallest absolute Gasteiger partial charge is 0.411 e. The number of aliphatic hydroxyl groups excluding tert-OH is 1. The van der Waals surface area contributed by atoms with E-state index in [0.717, 1.165) is 0 Å². The van der Waals surface area contributed by atoms with Gasteiger partial charge in [-0.1, -0.05) is 20.8 Å². The Balaban J connectivity index is 2.32. The number of aromatic nitrogens is 2. The number of aliphatic hydroxyl groups is 1. The minimum Gasteiger partial charge on any atom is -0.444 e. The molecule has 0 spiro atoms. The van der Waals surface area contributed by atoms with Crippen molar-refractivity contribution in [3.63, 3.8) is 0 Å². The summed E-state index contributed by atoms with van der Waals surface area (Å²) in [6.45, 7) is 17.5. The number of carbonyl (C=O) groups is 2. The van der Waals surface area contributed by atoms with E-state index in [1.54, 1.807) is 20.8 Å². The third kappa shape index (κ3) is 6.13. The number of ether oxygens (including phenoxy) is 1. The lowest BCUT2D eigenvalue weighted by Crippen LogP contribution is -2.61. The Labute approximate surface area is 197 Å². The predicted octanol–water partition coefficient (Wildman–Crippen LogP) is 3.40. The number of amides is 2. The van der Waals surface area contributed by atoms with Gasteiger partial charge in [-0.15, -0.1) is 10.2 Å². The van der Waals surface area contributed by atoms with Crippen molar-refractivity contribution in [1.29, 1.82) is 0 Å². The lowest BCUT2D eigenvalue weighted by molar-refractivity contribution is -0.136. The first-order chi connectivity index (χ1) is 15.0. The number of hydrogen-bond acceptors (Lipinski definition) is 8. The van der Waals surface area contributed by atoms with Gasteiger partial charge in [0.25, 0.3) is 0 Å². The van der Waals surface area contributed by atoms with E-state index in [-0.39, 0.29) is 10.9 Å². The molecule has 3 atom stereocenters. The van der Waals surface area contributed by atoms with Crippen molar-refractivity contribution in [1.82, 2.24) is 20.4 Å². The van der Waals surface area contributed by atoms with Crippen LogP contribution in [0.4, 0.5) is 4.79 Å². The fraction of sp³-hybridized carbons (Fsp3) is 0.818. The molecule has 1 aromatic rings. The molecule has 33 heavy (non-hydrogen) atoms. The quantitative estimate of drug-likeness (QED) is 0.564. The number of carbonyl (C=O) groups excluding carboxylic acids is 2. The summed E-state index contributed by atoms with van der Waals surface area (Å²) in [5.41, 5.74) is -2.17. The Hall–Kier alpha value is -1.98. The molecule has 1 saturated heterocycles. The highest BCUT2D eigenvalue weighted by Gasteiger charge is 2.52. The molecule has 188 valence electrons.